The van der Waals surface area contributed by atoms with Gasteiger partial charge >= 0.3 is 0 Å². The van der Waals surface area contributed by atoms with Crippen molar-refractivity contribution in [3.63, 3.8) is 0 Å². The number of hydrogen-bond donors (Lipinski definition) is 1. The van der Waals surface area contributed by atoms with Crippen LogP contribution < -0.4 is 0 Å². The Balaban J connectivity index is 2.58. The molecule has 0 bridgehead atoms. The third-order valence-electron chi connectivity index (χ3n) is 2.42. The van der Waals surface area contributed by atoms with Crippen molar-refractivity contribution in [3.8, 4) is 0 Å². The highest BCUT2D eigenvalue weighted by atomic mass is 35.5. The van der Waals surface area contributed by atoms with Crippen molar-refractivity contribution in [3.05, 3.63) is 49.4 Å². The largest absolute Gasteiger partial charge is 0.302 e. The summed E-state index contributed by atoms with van der Waals surface area (Å²) in [5.74, 6) is 0. The van der Waals surface area contributed by atoms with Crippen LogP contribution in [0.15, 0.2) is 39.0 Å². The number of benzene rings is 2. The summed E-state index contributed by atoms with van der Waals surface area (Å²) in [6.07, 6.45) is 0. The minimum atomic E-state index is -2.14. The Hall–Kier alpha value is 0.350. The van der Waals surface area contributed by atoms with E-state index >= 15 is 0 Å². The van der Waals surface area contributed by atoms with Gasteiger partial charge in [-0.15, -0.1) is 0 Å². The molecular formula is C12H5Cl5O2S2. The summed E-state index contributed by atoms with van der Waals surface area (Å²) in [6, 6.07) is 6.56. The van der Waals surface area contributed by atoms with Crippen molar-refractivity contribution in [1.29, 1.82) is 0 Å². The zero-order valence-corrected chi connectivity index (χ0v) is 15.3. The summed E-state index contributed by atoms with van der Waals surface area (Å²) < 4.78 is 20.6. The van der Waals surface area contributed by atoms with E-state index < -0.39 is 11.1 Å². The van der Waals surface area contributed by atoms with Crippen molar-refractivity contribution < 1.29 is 8.76 Å². The summed E-state index contributed by atoms with van der Waals surface area (Å²) in [5, 5.41) is 0.506. The van der Waals surface area contributed by atoms with Crippen LogP contribution in [0.1, 0.15) is 0 Å². The molecule has 0 aliphatic rings. The molecular weight excluding hydrogens is 418 g/mol. The highest BCUT2D eigenvalue weighted by Crippen LogP contribution is 2.50. The van der Waals surface area contributed by atoms with Crippen LogP contribution in [0.3, 0.4) is 0 Å². The molecule has 0 heterocycles. The molecule has 0 fully saturated rings. The van der Waals surface area contributed by atoms with E-state index in [9.17, 15) is 8.76 Å². The number of rotatable bonds is 3. The lowest BCUT2D eigenvalue weighted by molar-refractivity contribution is 0.562. The molecule has 1 atom stereocenters. The van der Waals surface area contributed by atoms with E-state index in [0.29, 0.717) is 9.79 Å². The van der Waals surface area contributed by atoms with Gasteiger partial charge in [0.2, 0.25) is 0 Å². The van der Waals surface area contributed by atoms with Crippen molar-refractivity contribution >= 4 is 80.8 Å². The number of hydrogen-bond acceptors (Lipinski definition) is 2. The zero-order valence-electron chi connectivity index (χ0n) is 9.87. The van der Waals surface area contributed by atoms with Gasteiger partial charge in [-0.25, -0.2) is 4.21 Å². The van der Waals surface area contributed by atoms with Crippen LogP contribution in [-0.2, 0) is 11.1 Å². The van der Waals surface area contributed by atoms with E-state index in [-0.39, 0.29) is 30.0 Å². The average Bonchev–Trinajstić information content (AvgIpc) is 2.48. The van der Waals surface area contributed by atoms with E-state index in [0.717, 1.165) is 11.8 Å². The standard InChI is InChI=1S/C12H5Cl5O2S2/c13-7-8(14)10(16)12(11(17)9(7)15)20-5-3-1-2-4-6(5)21(18)19/h1-4H,(H,18,19). The fourth-order valence-electron chi connectivity index (χ4n) is 1.46. The van der Waals surface area contributed by atoms with Crippen molar-refractivity contribution in [1.82, 2.24) is 0 Å². The summed E-state index contributed by atoms with van der Waals surface area (Å²) in [4.78, 5) is 1.11. The molecule has 0 aliphatic carbocycles. The van der Waals surface area contributed by atoms with Crippen molar-refractivity contribution in [2.75, 3.05) is 0 Å². The molecule has 0 aromatic heterocycles. The highest BCUT2D eigenvalue weighted by molar-refractivity contribution is 8.00. The normalized spacial score (nSPS) is 12.5. The minimum absolute atomic E-state index is 0.0664. The Kier molecular flexibility index (Phi) is 6.14. The molecule has 1 N–H and O–H groups in total. The van der Waals surface area contributed by atoms with Gasteiger partial charge in [-0.2, -0.15) is 0 Å². The van der Waals surface area contributed by atoms with Crippen LogP contribution in [0.5, 0.6) is 0 Å². The van der Waals surface area contributed by atoms with E-state index in [2.05, 4.69) is 0 Å². The number of halogens is 5. The predicted molar refractivity (Wildman–Crippen MR) is 91.1 cm³/mol. The monoisotopic (exact) mass is 420 g/mol. The van der Waals surface area contributed by atoms with Gasteiger partial charge in [0.25, 0.3) is 0 Å². The lowest BCUT2D eigenvalue weighted by Crippen LogP contribution is -1.92. The second-order valence-electron chi connectivity index (χ2n) is 3.70. The predicted octanol–water partition coefficient (Wildman–Crippen LogP) is 6.69. The van der Waals surface area contributed by atoms with E-state index in [4.69, 9.17) is 58.0 Å². The third kappa shape index (κ3) is 3.65. The summed E-state index contributed by atoms with van der Waals surface area (Å²) in [5.41, 5.74) is 0. The first-order chi connectivity index (χ1) is 9.84. The molecule has 0 saturated carbocycles. The molecule has 2 aromatic carbocycles. The van der Waals surface area contributed by atoms with Gasteiger partial charge in [0.05, 0.1) is 34.9 Å². The Morgan fingerprint density at radius 3 is 1.86 bits per heavy atom. The maximum absolute atomic E-state index is 11.3. The Labute approximate surface area is 153 Å². The van der Waals surface area contributed by atoms with Gasteiger partial charge < -0.3 is 4.55 Å². The molecule has 0 spiro atoms. The SMILES string of the molecule is O=S(O)c1ccccc1Sc1c(Cl)c(Cl)c(Cl)c(Cl)c1Cl. The maximum Gasteiger partial charge on any atom is 0.187 e. The topological polar surface area (TPSA) is 37.3 Å². The quantitative estimate of drug-likeness (QED) is 0.340. The van der Waals surface area contributed by atoms with Gasteiger partial charge in [-0.05, 0) is 12.1 Å². The molecule has 9 heteroatoms. The molecule has 2 nitrogen and oxygen atoms in total. The molecule has 21 heavy (non-hydrogen) atoms. The molecule has 0 aliphatic heterocycles. The van der Waals surface area contributed by atoms with Crippen LogP contribution in [0, 0.1) is 0 Å². The van der Waals surface area contributed by atoms with Crippen LogP contribution in [-0.4, -0.2) is 8.76 Å². The average molecular weight is 423 g/mol. The van der Waals surface area contributed by atoms with Crippen LogP contribution in [0.25, 0.3) is 0 Å². The fourth-order valence-corrected chi connectivity index (χ4v) is 4.64. The highest BCUT2D eigenvalue weighted by Gasteiger charge is 2.21. The second-order valence-corrected chi connectivity index (χ2v) is 7.58. The van der Waals surface area contributed by atoms with Gasteiger partial charge in [-0.1, -0.05) is 81.9 Å². The second kappa shape index (κ2) is 7.28. The molecule has 0 radical (unpaired) electrons. The van der Waals surface area contributed by atoms with E-state index in [1.165, 1.54) is 6.07 Å². The third-order valence-corrected chi connectivity index (χ3v) is 6.97. The van der Waals surface area contributed by atoms with Gasteiger partial charge in [0, 0.05) is 4.90 Å². The van der Waals surface area contributed by atoms with E-state index in [1.54, 1.807) is 18.2 Å². The summed E-state index contributed by atoms with van der Waals surface area (Å²) in [6.45, 7) is 0. The molecule has 2 rings (SSSR count). The Morgan fingerprint density at radius 1 is 0.857 bits per heavy atom. The maximum atomic E-state index is 11.3. The molecule has 0 amide bonds. The smallest absolute Gasteiger partial charge is 0.187 e. The molecule has 2 aromatic rings. The van der Waals surface area contributed by atoms with Crippen molar-refractivity contribution in [2.24, 2.45) is 0 Å². The summed E-state index contributed by atoms with van der Waals surface area (Å²) in [7, 11) is 0. The fraction of sp³-hybridized carbons (Fsp3) is 0. The molecule has 112 valence electrons. The molecule has 1 unspecified atom stereocenters. The first kappa shape index (κ1) is 17.7. The van der Waals surface area contributed by atoms with Crippen LogP contribution >= 0.6 is 69.8 Å². The van der Waals surface area contributed by atoms with Crippen molar-refractivity contribution in [2.45, 2.75) is 14.7 Å². The minimum Gasteiger partial charge on any atom is -0.302 e. The van der Waals surface area contributed by atoms with E-state index in [1.807, 2.05) is 0 Å². The zero-order chi connectivity index (χ0) is 15.7. The lowest BCUT2D eigenvalue weighted by Gasteiger charge is -2.13. The van der Waals surface area contributed by atoms with Gasteiger partial charge in [0.15, 0.2) is 11.1 Å². The van der Waals surface area contributed by atoms with Gasteiger partial charge in [0.1, 0.15) is 0 Å². The summed E-state index contributed by atoms with van der Waals surface area (Å²) >= 11 is 29.1. The molecule has 0 saturated heterocycles. The Bertz CT molecular complexity index is 707. The first-order valence-corrected chi connectivity index (χ1v) is 9.05. The first-order valence-electron chi connectivity index (χ1n) is 5.23. The lowest BCUT2D eigenvalue weighted by atomic mass is 10.3. The van der Waals surface area contributed by atoms with Gasteiger partial charge in [-0.3, -0.25) is 0 Å². The Morgan fingerprint density at radius 2 is 1.33 bits per heavy atom. The van der Waals surface area contributed by atoms with Crippen LogP contribution in [0.4, 0.5) is 0 Å². The van der Waals surface area contributed by atoms with Crippen LogP contribution in [0.2, 0.25) is 25.1 Å².